The van der Waals surface area contributed by atoms with E-state index in [1.807, 2.05) is 60.7 Å². The highest BCUT2D eigenvalue weighted by Gasteiger charge is 2.16. The number of thiazole rings is 1. The zero-order chi connectivity index (χ0) is 20.8. The van der Waals surface area contributed by atoms with E-state index in [-0.39, 0.29) is 5.91 Å². The molecule has 0 fully saturated rings. The molecule has 3 nitrogen and oxygen atoms in total. The van der Waals surface area contributed by atoms with Gasteiger partial charge in [0, 0.05) is 10.5 Å². The first kappa shape index (κ1) is 20.4. The van der Waals surface area contributed by atoms with Gasteiger partial charge in [-0.2, -0.15) is 0 Å². The van der Waals surface area contributed by atoms with Crippen LogP contribution in [0.2, 0.25) is 0 Å². The molecule has 3 aromatic carbocycles. The monoisotopic (exact) mass is 430 g/mol. The minimum Gasteiger partial charge on any atom is -0.302 e. The number of nitrogens with zero attached hydrogens (tertiary/aromatic N) is 1. The van der Waals surface area contributed by atoms with Crippen molar-refractivity contribution in [2.24, 2.45) is 0 Å². The second-order valence-corrected chi connectivity index (χ2v) is 9.07. The van der Waals surface area contributed by atoms with Gasteiger partial charge < -0.3 is 5.32 Å². The van der Waals surface area contributed by atoms with Gasteiger partial charge in [-0.15, -0.1) is 11.8 Å². The van der Waals surface area contributed by atoms with E-state index >= 15 is 0 Å². The lowest BCUT2D eigenvalue weighted by Crippen LogP contribution is -2.14. The first-order valence-electron chi connectivity index (χ1n) is 9.86. The summed E-state index contributed by atoms with van der Waals surface area (Å²) in [6.07, 6.45) is 0.331. The Morgan fingerprint density at radius 2 is 1.53 bits per heavy atom. The van der Waals surface area contributed by atoms with Crippen LogP contribution in [-0.2, 0) is 11.2 Å². The number of hydrogen-bond donors (Lipinski definition) is 1. The van der Waals surface area contributed by atoms with Gasteiger partial charge in [0.05, 0.1) is 17.0 Å². The van der Waals surface area contributed by atoms with Crippen LogP contribution in [0, 0.1) is 0 Å². The van der Waals surface area contributed by atoms with Crippen molar-refractivity contribution in [3.63, 3.8) is 0 Å². The molecule has 0 spiro atoms. The van der Waals surface area contributed by atoms with Gasteiger partial charge in [0.25, 0.3) is 0 Å². The number of aromatic nitrogens is 1. The lowest BCUT2D eigenvalue weighted by Gasteiger charge is -2.04. The maximum Gasteiger partial charge on any atom is 0.230 e. The average molecular weight is 431 g/mol. The molecule has 0 saturated carbocycles. The lowest BCUT2D eigenvalue weighted by atomic mass is 10.1. The van der Waals surface area contributed by atoms with E-state index in [1.54, 1.807) is 11.8 Å². The van der Waals surface area contributed by atoms with E-state index in [9.17, 15) is 4.79 Å². The Bertz CT molecular complexity index is 1050. The van der Waals surface area contributed by atoms with E-state index in [2.05, 4.69) is 36.5 Å². The number of carbonyl (C=O) groups excluding carboxylic acids is 1. The first-order valence-corrected chi connectivity index (χ1v) is 11.7. The molecule has 0 radical (unpaired) electrons. The van der Waals surface area contributed by atoms with Gasteiger partial charge in [-0.05, 0) is 29.0 Å². The Morgan fingerprint density at radius 3 is 2.17 bits per heavy atom. The molecule has 0 aliphatic rings. The van der Waals surface area contributed by atoms with E-state index in [1.165, 1.54) is 16.2 Å². The van der Waals surface area contributed by atoms with Crippen LogP contribution in [0.5, 0.6) is 0 Å². The SMILES string of the molecule is CCSc1ccc(CC(=O)Nc2nc(-c3ccccc3)c(-c3ccccc3)s2)cc1. The molecule has 5 heteroatoms. The fraction of sp³-hybridized carbons (Fsp3) is 0.120. The minimum atomic E-state index is -0.0566. The molecule has 1 heterocycles. The Hall–Kier alpha value is -2.89. The van der Waals surface area contributed by atoms with Crippen molar-refractivity contribution < 1.29 is 4.79 Å². The summed E-state index contributed by atoms with van der Waals surface area (Å²) in [5.74, 6) is 0.982. The molecule has 4 rings (SSSR count). The van der Waals surface area contributed by atoms with Gasteiger partial charge >= 0.3 is 0 Å². The number of carbonyl (C=O) groups is 1. The van der Waals surface area contributed by atoms with Crippen LogP contribution in [0.25, 0.3) is 21.7 Å². The van der Waals surface area contributed by atoms with Crippen molar-refractivity contribution in [2.45, 2.75) is 18.2 Å². The molecule has 1 N–H and O–H groups in total. The summed E-state index contributed by atoms with van der Waals surface area (Å²) >= 11 is 3.31. The topological polar surface area (TPSA) is 42.0 Å². The van der Waals surface area contributed by atoms with Gasteiger partial charge in [-0.1, -0.05) is 91.1 Å². The fourth-order valence-corrected chi connectivity index (χ4v) is 4.84. The maximum atomic E-state index is 12.6. The number of benzene rings is 3. The van der Waals surface area contributed by atoms with Crippen LogP contribution < -0.4 is 5.32 Å². The molecule has 0 aliphatic heterocycles. The summed E-state index contributed by atoms with van der Waals surface area (Å²) in [5.41, 5.74) is 4.02. The smallest absolute Gasteiger partial charge is 0.230 e. The largest absolute Gasteiger partial charge is 0.302 e. The normalized spacial score (nSPS) is 10.7. The molecule has 150 valence electrons. The minimum absolute atomic E-state index is 0.0566. The summed E-state index contributed by atoms with van der Waals surface area (Å²) in [4.78, 5) is 19.7. The number of anilines is 1. The van der Waals surface area contributed by atoms with Gasteiger partial charge in [0.15, 0.2) is 5.13 Å². The summed E-state index contributed by atoms with van der Waals surface area (Å²) < 4.78 is 0. The number of rotatable bonds is 7. The molecule has 0 unspecified atom stereocenters. The van der Waals surface area contributed by atoms with Crippen molar-refractivity contribution >= 4 is 34.1 Å². The van der Waals surface area contributed by atoms with Crippen molar-refractivity contribution in [1.82, 2.24) is 4.98 Å². The van der Waals surface area contributed by atoms with E-state index < -0.39 is 0 Å². The third-order valence-electron chi connectivity index (χ3n) is 4.56. The number of nitrogens with one attached hydrogen (secondary N) is 1. The second-order valence-electron chi connectivity index (χ2n) is 6.73. The van der Waals surface area contributed by atoms with E-state index in [0.29, 0.717) is 11.6 Å². The molecular formula is C25H22N2OS2. The fourth-order valence-electron chi connectivity index (χ4n) is 3.17. The lowest BCUT2D eigenvalue weighted by molar-refractivity contribution is -0.115. The number of hydrogen-bond acceptors (Lipinski definition) is 4. The Morgan fingerprint density at radius 1 is 0.900 bits per heavy atom. The highest BCUT2D eigenvalue weighted by Crippen LogP contribution is 2.38. The van der Waals surface area contributed by atoms with E-state index in [0.717, 1.165) is 33.0 Å². The van der Waals surface area contributed by atoms with Crippen LogP contribution in [0.1, 0.15) is 12.5 Å². The standard InChI is InChI=1S/C25H22N2OS2/c1-2-29-21-15-13-18(14-16-21)17-22(28)26-25-27-23(19-9-5-3-6-10-19)24(30-25)20-11-7-4-8-12-20/h3-16H,2,17H2,1H3,(H,26,27,28). The Kier molecular flexibility index (Phi) is 6.62. The molecule has 0 aliphatic carbocycles. The molecular weight excluding hydrogens is 408 g/mol. The van der Waals surface area contributed by atoms with Gasteiger partial charge in [0.1, 0.15) is 0 Å². The van der Waals surface area contributed by atoms with Crippen LogP contribution in [-0.4, -0.2) is 16.6 Å². The van der Waals surface area contributed by atoms with Crippen LogP contribution in [0.3, 0.4) is 0 Å². The molecule has 1 aromatic heterocycles. The first-order chi connectivity index (χ1) is 14.7. The highest BCUT2D eigenvalue weighted by molar-refractivity contribution is 7.99. The number of amides is 1. The van der Waals surface area contributed by atoms with Gasteiger partial charge in [-0.3, -0.25) is 4.79 Å². The summed E-state index contributed by atoms with van der Waals surface area (Å²) in [5, 5.41) is 3.61. The third kappa shape index (κ3) is 4.99. The summed E-state index contributed by atoms with van der Waals surface area (Å²) in [7, 11) is 0. The number of thioether (sulfide) groups is 1. The van der Waals surface area contributed by atoms with Crippen molar-refractivity contribution in [1.29, 1.82) is 0 Å². The van der Waals surface area contributed by atoms with Crippen molar-refractivity contribution in [2.75, 3.05) is 11.1 Å². The summed E-state index contributed by atoms with van der Waals surface area (Å²) in [6.45, 7) is 2.13. The predicted octanol–water partition coefficient (Wildman–Crippen LogP) is 6.77. The quantitative estimate of drug-likeness (QED) is 0.329. The van der Waals surface area contributed by atoms with Crippen LogP contribution >= 0.6 is 23.1 Å². The molecule has 1 amide bonds. The van der Waals surface area contributed by atoms with Gasteiger partial charge in [0.2, 0.25) is 5.91 Å². The highest BCUT2D eigenvalue weighted by atomic mass is 32.2. The van der Waals surface area contributed by atoms with Crippen molar-refractivity contribution in [3.05, 3.63) is 90.5 Å². The predicted molar refractivity (Wildman–Crippen MR) is 128 cm³/mol. The molecule has 0 saturated heterocycles. The van der Waals surface area contributed by atoms with Gasteiger partial charge in [-0.25, -0.2) is 4.98 Å². The molecule has 0 bridgehead atoms. The van der Waals surface area contributed by atoms with Crippen LogP contribution in [0.15, 0.2) is 89.8 Å². The zero-order valence-electron chi connectivity index (χ0n) is 16.7. The zero-order valence-corrected chi connectivity index (χ0v) is 18.3. The Labute approximate surface area is 185 Å². The van der Waals surface area contributed by atoms with E-state index in [4.69, 9.17) is 4.98 Å². The second kappa shape index (κ2) is 9.74. The molecule has 4 aromatic rings. The van der Waals surface area contributed by atoms with Crippen LogP contribution in [0.4, 0.5) is 5.13 Å². The maximum absolute atomic E-state index is 12.6. The Balaban J connectivity index is 1.55. The van der Waals surface area contributed by atoms with Crippen molar-refractivity contribution in [3.8, 4) is 21.7 Å². The summed E-state index contributed by atoms with van der Waals surface area (Å²) in [6, 6.07) is 28.4. The molecule has 0 atom stereocenters. The average Bonchev–Trinajstić information content (AvgIpc) is 3.20. The molecule has 30 heavy (non-hydrogen) atoms. The third-order valence-corrected chi connectivity index (χ3v) is 6.47.